The molecule has 0 heterocycles. The molecule has 0 aliphatic rings. The molecular weight excluding hydrogens is 140 g/mol. The number of hydrogen-bond acceptors (Lipinski definition) is 2. The molecule has 1 atom stereocenters. The fourth-order valence-corrected chi connectivity index (χ4v) is 1.04. The maximum Gasteiger partial charge on any atom is 0.239 e. The summed E-state index contributed by atoms with van der Waals surface area (Å²) in [5, 5.41) is 0. The highest BCUT2D eigenvalue weighted by Gasteiger charge is 2.17. The minimum atomic E-state index is -0.377. The molecule has 66 valence electrons. The van der Waals surface area contributed by atoms with Crippen LogP contribution in [-0.4, -0.2) is 29.4 Å². The molecule has 0 saturated carbocycles. The van der Waals surface area contributed by atoms with Crippen LogP contribution in [0.25, 0.3) is 0 Å². The number of rotatable bonds is 3. The summed E-state index contributed by atoms with van der Waals surface area (Å²) in [6, 6.07) is -0.129. The van der Waals surface area contributed by atoms with Gasteiger partial charge >= 0.3 is 0 Å². The van der Waals surface area contributed by atoms with Crippen molar-refractivity contribution in [2.45, 2.75) is 39.8 Å². The van der Waals surface area contributed by atoms with Crippen LogP contribution in [0, 0.1) is 0 Å². The molecular formula is C8H18N2O. The van der Waals surface area contributed by atoms with E-state index in [4.69, 9.17) is 5.73 Å². The first-order valence-electron chi connectivity index (χ1n) is 4.06. The Morgan fingerprint density at radius 1 is 1.45 bits per heavy atom. The van der Waals surface area contributed by atoms with Crippen LogP contribution in [0.5, 0.6) is 0 Å². The molecule has 3 heteroatoms. The first-order valence-corrected chi connectivity index (χ1v) is 4.06. The van der Waals surface area contributed by atoms with Gasteiger partial charge in [-0.3, -0.25) is 4.79 Å². The number of carbonyl (C=O) groups excluding carboxylic acids is 1. The summed E-state index contributed by atoms with van der Waals surface area (Å²) in [5.74, 6) is 0.0301. The smallest absolute Gasteiger partial charge is 0.239 e. The lowest BCUT2D eigenvalue weighted by atomic mass is 10.2. The highest BCUT2D eigenvalue weighted by Crippen LogP contribution is 1.99. The van der Waals surface area contributed by atoms with Crippen LogP contribution in [-0.2, 0) is 4.79 Å². The SMILES string of the molecule is CCN(C(=O)C(C)N)C(C)C. The standard InChI is InChI=1S/C8H18N2O/c1-5-10(6(2)3)8(11)7(4)9/h6-7H,5,9H2,1-4H3. The Morgan fingerprint density at radius 3 is 2.00 bits per heavy atom. The van der Waals surface area contributed by atoms with Gasteiger partial charge in [0.25, 0.3) is 0 Å². The normalized spacial score (nSPS) is 13.3. The Kier molecular flexibility index (Phi) is 4.11. The van der Waals surface area contributed by atoms with Gasteiger partial charge < -0.3 is 10.6 Å². The van der Waals surface area contributed by atoms with Crippen molar-refractivity contribution in [1.82, 2.24) is 4.90 Å². The first-order chi connectivity index (χ1) is 5.00. The molecule has 1 unspecified atom stereocenters. The summed E-state index contributed by atoms with van der Waals surface area (Å²) >= 11 is 0. The molecule has 0 bridgehead atoms. The average molecular weight is 158 g/mol. The summed E-state index contributed by atoms with van der Waals surface area (Å²) in [6.45, 7) is 8.39. The molecule has 3 nitrogen and oxygen atoms in total. The topological polar surface area (TPSA) is 46.3 Å². The fraction of sp³-hybridized carbons (Fsp3) is 0.875. The van der Waals surface area contributed by atoms with Crippen LogP contribution < -0.4 is 5.73 Å². The third-order valence-corrected chi connectivity index (χ3v) is 1.64. The van der Waals surface area contributed by atoms with Crippen molar-refractivity contribution in [1.29, 1.82) is 0 Å². The minimum absolute atomic E-state index is 0.0301. The van der Waals surface area contributed by atoms with E-state index >= 15 is 0 Å². The Morgan fingerprint density at radius 2 is 1.91 bits per heavy atom. The van der Waals surface area contributed by atoms with Gasteiger partial charge in [-0.1, -0.05) is 0 Å². The Balaban J connectivity index is 4.15. The molecule has 2 N–H and O–H groups in total. The largest absolute Gasteiger partial charge is 0.339 e. The van der Waals surface area contributed by atoms with E-state index in [9.17, 15) is 4.79 Å². The highest BCUT2D eigenvalue weighted by atomic mass is 16.2. The molecule has 0 aromatic rings. The van der Waals surface area contributed by atoms with E-state index in [2.05, 4.69) is 0 Å². The molecule has 0 spiro atoms. The van der Waals surface area contributed by atoms with Gasteiger partial charge in [-0.2, -0.15) is 0 Å². The van der Waals surface area contributed by atoms with E-state index in [1.165, 1.54) is 0 Å². The molecule has 11 heavy (non-hydrogen) atoms. The lowest BCUT2D eigenvalue weighted by molar-refractivity contribution is -0.133. The first kappa shape index (κ1) is 10.4. The molecule has 0 radical (unpaired) electrons. The maximum atomic E-state index is 11.3. The van der Waals surface area contributed by atoms with Crippen LogP contribution in [0.15, 0.2) is 0 Å². The van der Waals surface area contributed by atoms with Crippen LogP contribution in [0.3, 0.4) is 0 Å². The van der Waals surface area contributed by atoms with Gasteiger partial charge in [-0.25, -0.2) is 0 Å². The second-order valence-corrected chi connectivity index (χ2v) is 3.01. The molecule has 0 aromatic heterocycles. The zero-order valence-corrected chi connectivity index (χ0v) is 7.79. The third-order valence-electron chi connectivity index (χ3n) is 1.64. The van der Waals surface area contributed by atoms with Gasteiger partial charge in [-0.15, -0.1) is 0 Å². The summed E-state index contributed by atoms with van der Waals surface area (Å²) in [7, 11) is 0. The van der Waals surface area contributed by atoms with Gasteiger partial charge in [0.2, 0.25) is 5.91 Å². The van der Waals surface area contributed by atoms with Crippen molar-refractivity contribution in [2.75, 3.05) is 6.54 Å². The van der Waals surface area contributed by atoms with Crippen LogP contribution in [0.4, 0.5) is 0 Å². The van der Waals surface area contributed by atoms with Crippen LogP contribution in [0.1, 0.15) is 27.7 Å². The van der Waals surface area contributed by atoms with Crippen LogP contribution >= 0.6 is 0 Å². The van der Waals surface area contributed by atoms with E-state index in [1.807, 2.05) is 20.8 Å². The molecule has 1 amide bonds. The van der Waals surface area contributed by atoms with E-state index in [1.54, 1.807) is 11.8 Å². The predicted octanol–water partition coefficient (Wildman–Crippen LogP) is 0.591. The molecule has 0 rings (SSSR count). The lowest BCUT2D eigenvalue weighted by Gasteiger charge is -2.26. The quantitative estimate of drug-likeness (QED) is 0.653. The van der Waals surface area contributed by atoms with Gasteiger partial charge in [0.05, 0.1) is 6.04 Å². The van der Waals surface area contributed by atoms with Crippen molar-refractivity contribution in [3.63, 3.8) is 0 Å². The summed E-state index contributed by atoms with van der Waals surface area (Å²) in [4.78, 5) is 13.1. The lowest BCUT2D eigenvalue weighted by Crippen LogP contribution is -2.45. The third kappa shape index (κ3) is 2.89. The Hall–Kier alpha value is -0.570. The number of nitrogens with two attached hydrogens (primary N) is 1. The minimum Gasteiger partial charge on any atom is -0.339 e. The molecule has 0 saturated heterocycles. The molecule has 0 aliphatic heterocycles. The van der Waals surface area contributed by atoms with Crippen molar-refractivity contribution in [3.8, 4) is 0 Å². The Labute approximate surface area is 68.6 Å². The molecule has 0 aliphatic carbocycles. The van der Waals surface area contributed by atoms with Crippen molar-refractivity contribution >= 4 is 5.91 Å². The predicted molar refractivity (Wildman–Crippen MR) is 46.2 cm³/mol. The second kappa shape index (κ2) is 4.34. The molecule has 0 aromatic carbocycles. The van der Waals surface area contributed by atoms with Crippen molar-refractivity contribution < 1.29 is 4.79 Å². The maximum absolute atomic E-state index is 11.3. The van der Waals surface area contributed by atoms with Gasteiger partial charge in [-0.05, 0) is 27.7 Å². The van der Waals surface area contributed by atoms with Crippen molar-refractivity contribution in [2.24, 2.45) is 5.73 Å². The van der Waals surface area contributed by atoms with Gasteiger partial charge in [0, 0.05) is 12.6 Å². The number of likely N-dealkylation sites (N-methyl/N-ethyl adjacent to an activating group) is 1. The van der Waals surface area contributed by atoms with Gasteiger partial charge in [0.15, 0.2) is 0 Å². The number of hydrogen-bond donors (Lipinski definition) is 1. The number of carbonyl (C=O) groups is 1. The zero-order valence-electron chi connectivity index (χ0n) is 7.79. The van der Waals surface area contributed by atoms with Gasteiger partial charge in [0.1, 0.15) is 0 Å². The monoisotopic (exact) mass is 158 g/mol. The zero-order chi connectivity index (χ0) is 9.02. The summed E-state index contributed by atoms with van der Waals surface area (Å²) in [6.07, 6.45) is 0. The van der Waals surface area contributed by atoms with E-state index in [0.717, 1.165) is 6.54 Å². The van der Waals surface area contributed by atoms with E-state index < -0.39 is 0 Å². The van der Waals surface area contributed by atoms with E-state index in [0.29, 0.717) is 0 Å². The highest BCUT2D eigenvalue weighted by molar-refractivity contribution is 5.81. The Bertz CT molecular complexity index is 132. The van der Waals surface area contributed by atoms with E-state index in [-0.39, 0.29) is 18.0 Å². The fourth-order valence-electron chi connectivity index (χ4n) is 1.04. The van der Waals surface area contributed by atoms with Crippen LogP contribution in [0.2, 0.25) is 0 Å². The molecule has 0 fully saturated rings. The number of nitrogens with zero attached hydrogens (tertiary/aromatic N) is 1. The second-order valence-electron chi connectivity index (χ2n) is 3.01. The summed E-state index contributed by atoms with van der Waals surface area (Å²) in [5.41, 5.74) is 5.46. The summed E-state index contributed by atoms with van der Waals surface area (Å²) < 4.78 is 0. The van der Waals surface area contributed by atoms with Crippen molar-refractivity contribution in [3.05, 3.63) is 0 Å². The average Bonchev–Trinajstić information content (AvgIpc) is 1.88. The number of amides is 1.